The average Bonchev–Trinajstić information content (AvgIpc) is 2.35. The Morgan fingerprint density at radius 1 is 1.38 bits per heavy atom. The molecule has 0 spiro atoms. The van der Waals surface area contributed by atoms with Crippen molar-refractivity contribution in [1.29, 1.82) is 0 Å². The molecule has 0 aliphatic carbocycles. The molecule has 0 fully saturated rings. The van der Waals surface area contributed by atoms with Crippen molar-refractivity contribution >= 4 is 0 Å². The van der Waals surface area contributed by atoms with E-state index < -0.39 is 0 Å². The van der Waals surface area contributed by atoms with E-state index in [0.29, 0.717) is 13.0 Å². The minimum absolute atomic E-state index is 0.0906. The monoisotopic (exact) mass is 222 g/mol. The quantitative estimate of drug-likeness (QED) is 0.718. The molecule has 0 unspecified atom stereocenters. The number of aliphatic hydroxyl groups is 1. The fourth-order valence-electron chi connectivity index (χ4n) is 1.32. The lowest BCUT2D eigenvalue weighted by atomic mass is 10.2. The maximum atomic E-state index is 8.79. The Bertz CT molecular complexity index is 305. The Morgan fingerprint density at radius 3 is 2.56 bits per heavy atom. The molecule has 0 bridgehead atoms. The van der Waals surface area contributed by atoms with Gasteiger partial charge in [0.1, 0.15) is 5.75 Å². The molecule has 3 nitrogen and oxygen atoms in total. The number of methoxy groups -OCH3 is 1. The van der Waals surface area contributed by atoms with Crippen molar-refractivity contribution in [2.45, 2.75) is 19.1 Å². The highest BCUT2D eigenvalue weighted by atomic mass is 16.5. The van der Waals surface area contributed by atoms with Gasteiger partial charge in [-0.2, -0.15) is 0 Å². The van der Waals surface area contributed by atoms with E-state index in [1.54, 1.807) is 13.2 Å². The van der Waals surface area contributed by atoms with Crippen molar-refractivity contribution in [3.05, 3.63) is 42.5 Å². The lowest BCUT2D eigenvalue weighted by molar-refractivity contribution is 0.0546. The van der Waals surface area contributed by atoms with Crippen molar-refractivity contribution < 1.29 is 14.6 Å². The van der Waals surface area contributed by atoms with E-state index in [-0.39, 0.29) is 12.7 Å². The molecule has 1 rings (SSSR count). The average molecular weight is 222 g/mol. The molecule has 16 heavy (non-hydrogen) atoms. The highest BCUT2D eigenvalue weighted by molar-refractivity contribution is 5.26. The van der Waals surface area contributed by atoms with Crippen LogP contribution in [0, 0.1) is 0 Å². The Morgan fingerprint density at radius 2 is 2.06 bits per heavy atom. The minimum Gasteiger partial charge on any atom is -0.497 e. The Balaban J connectivity index is 2.43. The zero-order valence-corrected chi connectivity index (χ0v) is 9.56. The van der Waals surface area contributed by atoms with Crippen LogP contribution in [-0.2, 0) is 11.3 Å². The fourth-order valence-corrected chi connectivity index (χ4v) is 1.32. The van der Waals surface area contributed by atoms with E-state index in [4.69, 9.17) is 14.6 Å². The lowest BCUT2D eigenvalue weighted by Crippen LogP contribution is -2.11. The van der Waals surface area contributed by atoms with Crippen LogP contribution in [0.4, 0.5) is 0 Å². The van der Waals surface area contributed by atoms with Crippen LogP contribution in [0.1, 0.15) is 12.0 Å². The van der Waals surface area contributed by atoms with E-state index in [1.165, 1.54) is 0 Å². The number of rotatable bonds is 7. The Kier molecular flexibility index (Phi) is 5.61. The first-order chi connectivity index (χ1) is 7.80. The van der Waals surface area contributed by atoms with E-state index in [2.05, 4.69) is 6.58 Å². The van der Waals surface area contributed by atoms with Crippen LogP contribution in [0.25, 0.3) is 0 Å². The van der Waals surface area contributed by atoms with E-state index in [0.717, 1.165) is 11.3 Å². The van der Waals surface area contributed by atoms with Gasteiger partial charge in [-0.05, 0) is 17.7 Å². The summed E-state index contributed by atoms with van der Waals surface area (Å²) < 4.78 is 10.6. The summed E-state index contributed by atoms with van der Waals surface area (Å²) in [6, 6.07) is 7.71. The Labute approximate surface area is 96.3 Å². The standard InChI is InChI=1S/C13H18O3/c1-3-12(8-9-14)16-10-11-4-6-13(15-2)7-5-11/h3-7,12,14H,1,8-10H2,2H3/t12-/m0/s1. The summed E-state index contributed by atoms with van der Waals surface area (Å²) in [4.78, 5) is 0. The summed E-state index contributed by atoms with van der Waals surface area (Å²) in [6.45, 7) is 4.29. The lowest BCUT2D eigenvalue weighted by Gasteiger charge is -2.12. The molecule has 3 heteroatoms. The SMILES string of the molecule is C=C[C@@H](CCO)OCc1ccc(OC)cc1. The summed E-state index contributed by atoms with van der Waals surface area (Å²) in [5, 5.41) is 8.79. The van der Waals surface area contributed by atoms with Crippen molar-refractivity contribution in [3.63, 3.8) is 0 Å². The first-order valence-electron chi connectivity index (χ1n) is 5.28. The van der Waals surface area contributed by atoms with Crippen molar-refractivity contribution in [3.8, 4) is 5.75 Å². The molecular formula is C13H18O3. The first kappa shape index (κ1) is 12.7. The highest BCUT2D eigenvalue weighted by Gasteiger charge is 2.03. The van der Waals surface area contributed by atoms with Gasteiger partial charge in [0.15, 0.2) is 0 Å². The van der Waals surface area contributed by atoms with Gasteiger partial charge in [0.25, 0.3) is 0 Å². The summed E-state index contributed by atoms with van der Waals surface area (Å²) in [5.74, 6) is 0.833. The van der Waals surface area contributed by atoms with Gasteiger partial charge in [0, 0.05) is 13.0 Å². The molecule has 0 saturated carbocycles. The van der Waals surface area contributed by atoms with Gasteiger partial charge in [-0.25, -0.2) is 0 Å². The number of benzene rings is 1. The summed E-state index contributed by atoms with van der Waals surface area (Å²) in [6.07, 6.45) is 2.20. The second-order valence-corrected chi connectivity index (χ2v) is 3.45. The third kappa shape index (κ3) is 4.04. The molecule has 88 valence electrons. The second-order valence-electron chi connectivity index (χ2n) is 3.45. The topological polar surface area (TPSA) is 38.7 Å². The number of aliphatic hydroxyl groups excluding tert-OH is 1. The van der Waals surface area contributed by atoms with Gasteiger partial charge in [0.2, 0.25) is 0 Å². The van der Waals surface area contributed by atoms with Crippen LogP contribution in [-0.4, -0.2) is 24.9 Å². The van der Waals surface area contributed by atoms with Crippen LogP contribution in [0.15, 0.2) is 36.9 Å². The molecule has 0 heterocycles. The molecule has 1 N–H and O–H groups in total. The predicted octanol–water partition coefficient (Wildman–Crippen LogP) is 2.15. The molecule has 0 saturated heterocycles. The predicted molar refractivity (Wildman–Crippen MR) is 63.5 cm³/mol. The van der Waals surface area contributed by atoms with E-state index >= 15 is 0 Å². The molecule has 0 aliphatic rings. The van der Waals surface area contributed by atoms with Gasteiger partial charge < -0.3 is 14.6 Å². The normalized spacial score (nSPS) is 12.1. The summed E-state index contributed by atoms with van der Waals surface area (Å²) >= 11 is 0. The number of hydrogen-bond donors (Lipinski definition) is 1. The van der Waals surface area contributed by atoms with Gasteiger partial charge in [0.05, 0.1) is 19.8 Å². The number of ether oxygens (including phenoxy) is 2. The zero-order chi connectivity index (χ0) is 11.8. The van der Waals surface area contributed by atoms with Crippen LogP contribution in [0.5, 0.6) is 5.75 Å². The molecule has 0 amide bonds. The van der Waals surface area contributed by atoms with Gasteiger partial charge in [-0.1, -0.05) is 18.2 Å². The van der Waals surface area contributed by atoms with Crippen molar-refractivity contribution in [1.82, 2.24) is 0 Å². The van der Waals surface area contributed by atoms with Gasteiger partial charge in [-0.15, -0.1) is 6.58 Å². The molecule has 0 aromatic heterocycles. The molecule has 0 radical (unpaired) electrons. The zero-order valence-electron chi connectivity index (χ0n) is 9.56. The smallest absolute Gasteiger partial charge is 0.118 e. The van der Waals surface area contributed by atoms with Gasteiger partial charge >= 0.3 is 0 Å². The summed E-state index contributed by atoms with van der Waals surface area (Å²) in [7, 11) is 1.64. The number of hydrogen-bond acceptors (Lipinski definition) is 3. The maximum Gasteiger partial charge on any atom is 0.118 e. The van der Waals surface area contributed by atoms with Crippen LogP contribution >= 0.6 is 0 Å². The molecule has 1 aromatic carbocycles. The van der Waals surface area contributed by atoms with E-state index in [9.17, 15) is 0 Å². The molecule has 1 atom stereocenters. The molecule has 0 aliphatic heterocycles. The molecule has 1 aromatic rings. The van der Waals surface area contributed by atoms with Crippen molar-refractivity contribution in [2.75, 3.05) is 13.7 Å². The maximum absolute atomic E-state index is 8.79. The molecular weight excluding hydrogens is 204 g/mol. The second kappa shape index (κ2) is 7.04. The van der Waals surface area contributed by atoms with Crippen molar-refractivity contribution in [2.24, 2.45) is 0 Å². The van der Waals surface area contributed by atoms with Crippen LogP contribution < -0.4 is 4.74 Å². The third-order valence-corrected chi connectivity index (χ3v) is 2.30. The Hall–Kier alpha value is -1.32. The van der Waals surface area contributed by atoms with E-state index in [1.807, 2.05) is 24.3 Å². The summed E-state index contributed by atoms with van der Waals surface area (Å²) in [5.41, 5.74) is 1.07. The van der Waals surface area contributed by atoms with Gasteiger partial charge in [-0.3, -0.25) is 0 Å². The third-order valence-electron chi connectivity index (χ3n) is 2.30. The van der Waals surface area contributed by atoms with Crippen LogP contribution in [0.3, 0.4) is 0 Å². The fraction of sp³-hybridized carbons (Fsp3) is 0.385. The largest absolute Gasteiger partial charge is 0.497 e. The highest BCUT2D eigenvalue weighted by Crippen LogP contribution is 2.13. The van der Waals surface area contributed by atoms with Crippen LogP contribution in [0.2, 0.25) is 0 Å². The first-order valence-corrected chi connectivity index (χ1v) is 5.28. The minimum atomic E-state index is -0.0906.